The number of benzene rings is 1. The molecule has 0 spiro atoms. The average molecular weight is 217 g/mol. The van der Waals surface area contributed by atoms with Crippen LogP contribution in [0.15, 0.2) is 18.2 Å². The Kier molecular flexibility index (Phi) is 2.60. The molecule has 3 rings (SSSR count). The molecule has 0 radical (unpaired) electrons. The van der Waals surface area contributed by atoms with Crippen LogP contribution in [0.4, 0.5) is 0 Å². The molecule has 86 valence electrons. The first-order valence-corrected chi connectivity index (χ1v) is 6.32. The number of rotatable bonds is 1. The predicted octanol–water partition coefficient (Wildman–Crippen LogP) is 2.68. The minimum Gasteiger partial charge on any atom is -0.493 e. The predicted molar refractivity (Wildman–Crippen MR) is 64.8 cm³/mol. The molecule has 1 saturated heterocycles. The molecule has 0 saturated carbocycles. The van der Waals surface area contributed by atoms with Crippen molar-refractivity contribution >= 4 is 0 Å². The van der Waals surface area contributed by atoms with E-state index in [2.05, 4.69) is 30.4 Å². The van der Waals surface area contributed by atoms with Gasteiger partial charge in [0.05, 0.1) is 6.61 Å². The van der Waals surface area contributed by atoms with Crippen molar-refractivity contribution in [1.82, 2.24) is 5.32 Å². The largest absolute Gasteiger partial charge is 0.493 e. The van der Waals surface area contributed by atoms with Gasteiger partial charge in [-0.25, -0.2) is 0 Å². The van der Waals surface area contributed by atoms with E-state index in [1.807, 2.05) is 0 Å². The fourth-order valence-electron chi connectivity index (χ4n) is 2.84. The molecule has 2 aliphatic rings. The molecule has 1 aromatic carbocycles. The molecule has 0 aliphatic carbocycles. The van der Waals surface area contributed by atoms with E-state index in [0.29, 0.717) is 6.04 Å². The number of hydrogen-bond acceptors (Lipinski definition) is 2. The van der Waals surface area contributed by atoms with Gasteiger partial charge in [-0.2, -0.15) is 0 Å². The molecule has 0 amide bonds. The van der Waals surface area contributed by atoms with Gasteiger partial charge in [-0.15, -0.1) is 0 Å². The smallest absolute Gasteiger partial charge is 0.122 e. The van der Waals surface area contributed by atoms with Crippen LogP contribution in [0.25, 0.3) is 0 Å². The van der Waals surface area contributed by atoms with Crippen LogP contribution in [-0.4, -0.2) is 13.2 Å². The second-order valence-corrected chi connectivity index (χ2v) is 5.07. The van der Waals surface area contributed by atoms with Gasteiger partial charge in [0.2, 0.25) is 0 Å². The highest BCUT2D eigenvalue weighted by Crippen LogP contribution is 2.35. The van der Waals surface area contributed by atoms with E-state index < -0.39 is 0 Å². The highest BCUT2D eigenvalue weighted by Gasteiger charge is 2.24. The van der Waals surface area contributed by atoms with Crippen LogP contribution in [0, 0.1) is 5.92 Å². The summed E-state index contributed by atoms with van der Waals surface area (Å²) < 4.78 is 5.62. The fourth-order valence-corrected chi connectivity index (χ4v) is 2.84. The Bertz CT molecular complexity index is 380. The Hall–Kier alpha value is -1.02. The zero-order valence-electron chi connectivity index (χ0n) is 9.83. The van der Waals surface area contributed by atoms with Crippen LogP contribution < -0.4 is 10.1 Å². The van der Waals surface area contributed by atoms with Gasteiger partial charge in [0.25, 0.3) is 0 Å². The van der Waals surface area contributed by atoms with Crippen LogP contribution in [0.1, 0.15) is 36.9 Å². The van der Waals surface area contributed by atoms with Crippen LogP contribution in [0.3, 0.4) is 0 Å². The standard InChI is InChI=1S/C14H19NO/c1-10-5-6-13(15-9-10)11-3-2-4-14-12(11)7-8-16-14/h2-4,10,13,15H,5-9H2,1H3. The van der Waals surface area contributed by atoms with Crippen molar-refractivity contribution in [3.05, 3.63) is 29.3 Å². The molecule has 1 aromatic rings. The van der Waals surface area contributed by atoms with Crippen molar-refractivity contribution in [2.45, 2.75) is 32.2 Å². The second kappa shape index (κ2) is 4.10. The molecular weight excluding hydrogens is 198 g/mol. The van der Waals surface area contributed by atoms with Gasteiger partial charge >= 0.3 is 0 Å². The number of nitrogens with one attached hydrogen (secondary N) is 1. The zero-order valence-corrected chi connectivity index (χ0v) is 9.83. The third-order valence-corrected chi connectivity index (χ3v) is 3.82. The van der Waals surface area contributed by atoms with E-state index in [1.165, 1.54) is 24.0 Å². The number of fused-ring (bicyclic) bond motifs is 1. The summed E-state index contributed by atoms with van der Waals surface area (Å²) in [4.78, 5) is 0. The van der Waals surface area contributed by atoms with Gasteiger partial charge in [0, 0.05) is 18.0 Å². The van der Waals surface area contributed by atoms with Crippen LogP contribution in [0.2, 0.25) is 0 Å². The van der Waals surface area contributed by atoms with E-state index in [-0.39, 0.29) is 0 Å². The molecule has 2 aliphatic heterocycles. The first-order chi connectivity index (χ1) is 7.84. The number of ether oxygens (including phenoxy) is 1. The minimum atomic E-state index is 0.549. The van der Waals surface area contributed by atoms with Crippen LogP contribution in [0.5, 0.6) is 5.75 Å². The molecule has 1 N–H and O–H groups in total. The Labute approximate surface area is 97.0 Å². The maximum absolute atomic E-state index is 5.62. The van der Waals surface area contributed by atoms with Crippen molar-refractivity contribution < 1.29 is 4.74 Å². The topological polar surface area (TPSA) is 21.3 Å². The Morgan fingerprint density at radius 2 is 2.25 bits per heavy atom. The van der Waals surface area contributed by atoms with E-state index >= 15 is 0 Å². The van der Waals surface area contributed by atoms with E-state index in [1.54, 1.807) is 0 Å². The summed E-state index contributed by atoms with van der Waals surface area (Å²) in [5.41, 5.74) is 2.91. The van der Waals surface area contributed by atoms with Gasteiger partial charge in [-0.3, -0.25) is 0 Å². The van der Waals surface area contributed by atoms with Crippen LogP contribution >= 0.6 is 0 Å². The van der Waals surface area contributed by atoms with Gasteiger partial charge in [-0.1, -0.05) is 19.1 Å². The molecule has 2 heterocycles. The number of hydrogen-bond donors (Lipinski definition) is 1. The molecule has 0 bridgehead atoms. The Morgan fingerprint density at radius 1 is 1.31 bits per heavy atom. The van der Waals surface area contributed by atoms with Gasteiger partial charge in [0.15, 0.2) is 0 Å². The second-order valence-electron chi connectivity index (χ2n) is 5.07. The summed E-state index contributed by atoms with van der Waals surface area (Å²) in [6.07, 6.45) is 3.68. The summed E-state index contributed by atoms with van der Waals surface area (Å²) in [6.45, 7) is 4.33. The van der Waals surface area contributed by atoms with Crippen molar-refractivity contribution in [3.8, 4) is 5.75 Å². The summed E-state index contributed by atoms with van der Waals surface area (Å²) in [6, 6.07) is 7.03. The molecule has 2 unspecified atom stereocenters. The molecule has 1 fully saturated rings. The van der Waals surface area contributed by atoms with Gasteiger partial charge < -0.3 is 10.1 Å². The Balaban J connectivity index is 1.87. The lowest BCUT2D eigenvalue weighted by Crippen LogP contribution is -2.32. The summed E-state index contributed by atoms with van der Waals surface area (Å²) in [5, 5.41) is 3.66. The molecular formula is C14H19NO. The summed E-state index contributed by atoms with van der Waals surface area (Å²) >= 11 is 0. The summed E-state index contributed by atoms with van der Waals surface area (Å²) in [7, 11) is 0. The van der Waals surface area contributed by atoms with Crippen molar-refractivity contribution in [2.75, 3.05) is 13.2 Å². The van der Waals surface area contributed by atoms with E-state index in [9.17, 15) is 0 Å². The molecule has 0 aromatic heterocycles. The fraction of sp³-hybridized carbons (Fsp3) is 0.571. The zero-order chi connectivity index (χ0) is 11.0. The first kappa shape index (κ1) is 10.2. The van der Waals surface area contributed by atoms with Gasteiger partial charge in [-0.05, 0) is 36.9 Å². The highest BCUT2D eigenvalue weighted by molar-refractivity contribution is 5.44. The van der Waals surface area contributed by atoms with Crippen molar-refractivity contribution in [1.29, 1.82) is 0 Å². The maximum Gasteiger partial charge on any atom is 0.122 e. The van der Waals surface area contributed by atoms with E-state index in [0.717, 1.165) is 31.2 Å². The van der Waals surface area contributed by atoms with E-state index in [4.69, 9.17) is 4.74 Å². The van der Waals surface area contributed by atoms with Crippen molar-refractivity contribution in [2.24, 2.45) is 5.92 Å². The highest BCUT2D eigenvalue weighted by atomic mass is 16.5. The molecule has 2 heteroatoms. The lowest BCUT2D eigenvalue weighted by molar-refractivity contribution is 0.332. The SMILES string of the molecule is CC1CCC(c2cccc3c2CCO3)NC1. The lowest BCUT2D eigenvalue weighted by atomic mass is 9.89. The third kappa shape index (κ3) is 1.71. The van der Waals surface area contributed by atoms with Crippen LogP contribution in [-0.2, 0) is 6.42 Å². The van der Waals surface area contributed by atoms with Gasteiger partial charge in [0.1, 0.15) is 5.75 Å². The van der Waals surface area contributed by atoms with Crippen molar-refractivity contribution in [3.63, 3.8) is 0 Å². The number of piperidine rings is 1. The molecule has 2 nitrogen and oxygen atoms in total. The normalized spacial score (nSPS) is 28.6. The molecule has 2 atom stereocenters. The Morgan fingerprint density at radius 3 is 3.06 bits per heavy atom. The minimum absolute atomic E-state index is 0.549. The monoisotopic (exact) mass is 217 g/mol. The molecule has 16 heavy (non-hydrogen) atoms. The quantitative estimate of drug-likeness (QED) is 0.781. The lowest BCUT2D eigenvalue weighted by Gasteiger charge is -2.29. The summed E-state index contributed by atoms with van der Waals surface area (Å²) in [5.74, 6) is 1.93. The maximum atomic E-state index is 5.62. The first-order valence-electron chi connectivity index (χ1n) is 6.32. The third-order valence-electron chi connectivity index (χ3n) is 3.82. The average Bonchev–Trinajstić information content (AvgIpc) is 2.78.